The van der Waals surface area contributed by atoms with E-state index in [9.17, 15) is 4.79 Å². The van der Waals surface area contributed by atoms with Crippen LogP contribution in [-0.2, 0) is 4.79 Å². The Morgan fingerprint density at radius 1 is 1.64 bits per heavy atom. The van der Waals surface area contributed by atoms with Crippen LogP contribution in [0, 0.1) is 5.41 Å². The van der Waals surface area contributed by atoms with E-state index in [0.717, 1.165) is 32.4 Å². The maximum Gasteiger partial charge on any atom is 0.309 e. The first-order valence-corrected chi connectivity index (χ1v) is 5.14. The smallest absolute Gasteiger partial charge is 0.309 e. The van der Waals surface area contributed by atoms with Crippen LogP contribution >= 0.6 is 0 Å². The fourth-order valence-electron chi connectivity index (χ4n) is 1.47. The first kappa shape index (κ1) is 11.2. The molecule has 1 rings (SSSR count). The molecule has 0 saturated heterocycles. The van der Waals surface area contributed by atoms with Crippen LogP contribution in [0.15, 0.2) is 11.6 Å². The van der Waals surface area contributed by atoms with Gasteiger partial charge < -0.3 is 10.4 Å². The highest BCUT2D eigenvalue weighted by atomic mass is 16.4. The number of carboxylic acids is 1. The van der Waals surface area contributed by atoms with E-state index >= 15 is 0 Å². The molecule has 0 radical (unpaired) electrons. The van der Waals surface area contributed by atoms with Crippen LogP contribution in [0.1, 0.15) is 33.1 Å². The Morgan fingerprint density at radius 3 is 2.86 bits per heavy atom. The molecule has 1 aliphatic rings. The highest BCUT2D eigenvalue weighted by Crippen LogP contribution is 2.25. The minimum absolute atomic E-state index is 0.599. The number of carboxylic acid groups (broad SMARTS) is 1. The molecule has 1 aliphatic heterocycles. The zero-order valence-corrected chi connectivity index (χ0v) is 8.97. The second kappa shape index (κ2) is 4.60. The second-order valence-corrected chi connectivity index (χ2v) is 4.52. The van der Waals surface area contributed by atoms with E-state index in [1.54, 1.807) is 13.8 Å². The van der Waals surface area contributed by atoms with Gasteiger partial charge in [0.15, 0.2) is 0 Å². The van der Waals surface area contributed by atoms with Crippen molar-refractivity contribution in [3.05, 3.63) is 11.6 Å². The van der Waals surface area contributed by atoms with Crippen molar-refractivity contribution in [2.45, 2.75) is 33.1 Å². The van der Waals surface area contributed by atoms with E-state index < -0.39 is 11.4 Å². The third kappa shape index (κ3) is 3.14. The molecule has 0 spiro atoms. The Bertz CT molecular complexity index is 244. The fourth-order valence-corrected chi connectivity index (χ4v) is 1.47. The lowest BCUT2D eigenvalue weighted by molar-refractivity contribution is -0.147. The molecule has 2 N–H and O–H groups in total. The maximum absolute atomic E-state index is 10.9. The Hall–Kier alpha value is -0.830. The van der Waals surface area contributed by atoms with Crippen molar-refractivity contribution >= 4 is 5.97 Å². The largest absolute Gasteiger partial charge is 0.481 e. The summed E-state index contributed by atoms with van der Waals surface area (Å²) in [6.45, 7) is 5.54. The van der Waals surface area contributed by atoms with Gasteiger partial charge in [0, 0.05) is 6.54 Å². The fraction of sp³-hybridized carbons (Fsp3) is 0.727. The first-order chi connectivity index (χ1) is 6.52. The van der Waals surface area contributed by atoms with Gasteiger partial charge in [-0.2, -0.15) is 0 Å². The van der Waals surface area contributed by atoms with Crippen molar-refractivity contribution in [1.82, 2.24) is 5.32 Å². The number of hydrogen-bond donors (Lipinski definition) is 2. The van der Waals surface area contributed by atoms with Gasteiger partial charge in [0.05, 0.1) is 5.41 Å². The first-order valence-electron chi connectivity index (χ1n) is 5.14. The van der Waals surface area contributed by atoms with E-state index in [4.69, 9.17) is 5.11 Å². The van der Waals surface area contributed by atoms with E-state index in [1.165, 1.54) is 5.57 Å². The van der Waals surface area contributed by atoms with Gasteiger partial charge in [-0.25, -0.2) is 0 Å². The van der Waals surface area contributed by atoms with Crippen molar-refractivity contribution in [3.63, 3.8) is 0 Å². The molecule has 80 valence electrons. The third-order valence-electron chi connectivity index (χ3n) is 2.76. The van der Waals surface area contributed by atoms with Gasteiger partial charge in [0.25, 0.3) is 0 Å². The van der Waals surface area contributed by atoms with Gasteiger partial charge in [-0.3, -0.25) is 4.79 Å². The topological polar surface area (TPSA) is 49.3 Å². The lowest BCUT2D eigenvalue weighted by atomic mass is 9.86. The van der Waals surface area contributed by atoms with Gasteiger partial charge >= 0.3 is 5.97 Å². The highest BCUT2D eigenvalue weighted by Gasteiger charge is 2.26. The van der Waals surface area contributed by atoms with Crippen LogP contribution in [0.25, 0.3) is 0 Å². The van der Waals surface area contributed by atoms with Crippen molar-refractivity contribution in [1.29, 1.82) is 0 Å². The van der Waals surface area contributed by atoms with Crippen molar-refractivity contribution in [2.75, 3.05) is 13.1 Å². The van der Waals surface area contributed by atoms with E-state index in [0.29, 0.717) is 0 Å². The van der Waals surface area contributed by atoms with Crippen molar-refractivity contribution < 1.29 is 9.90 Å². The molecule has 0 aromatic carbocycles. The Morgan fingerprint density at radius 2 is 2.36 bits per heavy atom. The second-order valence-electron chi connectivity index (χ2n) is 4.52. The van der Waals surface area contributed by atoms with Gasteiger partial charge in [0.1, 0.15) is 0 Å². The predicted molar refractivity (Wildman–Crippen MR) is 56.2 cm³/mol. The summed E-state index contributed by atoms with van der Waals surface area (Å²) in [6.07, 6.45) is 4.92. The molecule has 0 unspecified atom stereocenters. The quantitative estimate of drug-likeness (QED) is 0.676. The summed E-state index contributed by atoms with van der Waals surface area (Å²) in [7, 11) is 0. The molecule has 3 heteroatoms. The summed E-state index contributed by atoms with van der Waals surface area (Å²) >= 11 is 0. The molecule has 1 heterocycles. The molecule has 3 nitrogen and oxygen atoms in total. The van der Waals surface area contributed by atoms with E-state index in [1.807, 2.05) is 0 Å². The zero-order valence-electron chi connectivity index (χ0n) is 8.97. The summed E-state index contributed by atoms with van der Waals surface area (Å²) in [4.78, 5) is 10.9. The van der Waals surface area contributed by atoms with Crippen molar-refractivity contribution in [2.24, 2.45) is 5.41 Å². The molecule has 0 saturated carbocycles. The maximum atomic E-state index is 10.9. The molecule has 0 fully saturated rings. The third-order valence-corrected chi connectivity index (χ3v) is 2.76. The molecule has 0 atom stereocenters. The Kier molecular flexibility index (Phi) is 3.69. The predicted octanol–water partition coefficient (Wildman–Crippen LogP) is 1.80. The summed E-state index contributed by atoms with van der Waals surface area (Å²) < 4.78 is 0. The Balaban J connectivity index is 2.39. The molecular formula is C11H19NO2. The molecule has 14 heavy (non-hydrogen) atoms. The van der Waals surface area contributed by atoms with Gasteiger partial charge in [-0.15, -0.1) is 0 Å². The number of carbonyl (C=O) groups is 1. The molecule has 0 aromatic heterocycles. The lowest BCUT2D eigenvalue weighted by Gasteiger charge is -2.21. The van der Waals surface area contributed by atoms with Gasteiger partial charge in [0.2, 0.25) is 0 Å². The van der Waals surface area contributed by atoms with Crippen LogP contribution in [0.2, 0.25) is 0 Å². The summed E-state index contributed by atoms with van der Waals surface area (Å²) in [5, 5.41) is 12.2. The SMILES string of the molecule is CC(C)(CCC1=CCCNC1)C(=O)O. The number of rotatable bonds is 4. The summed E-state index contributed by atoms with van der Waals surface area (Å²) in [6, 6.07) is 0. The van der Waals surface area contributed by atoms with Crippen LogP contribution in [0.5, 0.6) is 0 Å². The molecule has 0 aliphatic carbocycles. The monoisotopic (exact) mass is 197 g/mol. The molecular weight excluding hydrogens is 178 g/mol. The summed E-state index contributed by atoms with van der Waals surface area (Å²) in [5.74, 6) is -0.707. The Labute approximate surface area is 85.2 Å². The number of hydrogen-bond acceptors (Lipinski definition) is 2. The van der Waals surface area contributed by atoms with Gasteiger partial charge in [-0.05, 0) is 39.7 Å². The van der Waals surface area contributed by atoms with E-state index in [-0.39, 0.29) is 0 Å². The number of aliphatic carboxylic acids is 1. The molecule has 0 bridgehead atoms. The van der Waals surface area contributed by atoms with Crippen LogP contribution in [0.3, 0.4) is 0 Å². The molecule has 0 aromatic rings. The van der Waals surface area contributed by atoms with E-state index in [2.05, 4.69) is 11.4 Å². The van der Waals surface area contributed by atoms with Crippen LogP contribution < -0.4 is 5.32 Å². The highest BCUT2D eigenvalue weighted by molar-refractivity contribution is 5.73. The normalized spacial score (nSPS) is 17.7. The minimum Gasteiger partial charge on any atom is -0.481 e. The van der Waals surface area contributed by atoms with Gasteiger partial charge in [-0.1, -0.05) is 11.6 Å². The summed E-state index contributed by atoms with van der Waals surface area (Å²) in [5.41, 5.74) is 0.753. The van der Waals surface area contributed by atoms with Crippen molar-refractivity contribution in [3.8, 4) is 0 Å². The standard InChI is InChI=1S/C11H19NO2/c1-11(2,10(13)14)6-5-9-4-3-7-12-8-9/h4,12H,3,5-8H2,1-2H3,(H,13,14). The number of nitrogens with one attached hydrogen (secondary N) is 1. The zero-order chi connectivity index (χ0) is 10.6. The molecule has 0 amide bonds. The average Bonchev–Trinajstić information content (AvgIpc) is 2.16. The lowest BCUT2D eigenvalue weighted by Crippen LogP contribution is -2.26. The minimum atomic E-state index is -0.707. The average molecular weight is 197 g/mol. The van der Waals surface area contributed by atoms with Crippen LogP contribution in [0.4, 0.5) is 0 Å². The van der Waals surface area contributed by atoms with Crippen LogP contribution in [-0.4, -0.2) is 24.2 Å².